The molecule has 0 N–H and O–H groups in total. The maximum absolute atomic E-state index is 12.9. The molecule has 0 amide bonds. The minimum Gasteiger partial charge on any atom is -0.459 e. The molecule has 21 rings (SSSR count). The average Bonchev–Trinajstić information content (AvgIpc) is 0.691. The van der Waals surface area contributed by atoms with Crippen LogP contribution >= 0.6 is 0 Å². The lowest BCUT2D eigenvalue weighted by atomic mass is 9.31. The summed E-state index contributed by atoms with van der Waals surface area (Å²) in [6, 6.07) is 0. The van der Waals surface area contributed by atoms with Crippen molar-refractivity contribution in [1.29, 1.82) is 0 Å². The SMILES string of the molecule is C.C.C.C.C.C.CC.CC.CC.CCC(C)(C)C(=O)OC(C)(C)C12CC3C4CC5CC3C(C1)C(C5)C4C2.CCC(C)(C)C(=O)OC(C)OC12CC3C4CC5CC3C(C1)C(C5)C4C2.CCC(C)(C)C(=O)OC(C)OC12CC3CC4C5CC(CC41)CC2C5C3.CCC(C)(C)C(=O)OCC(=O)OC(C)(C)C. The number of rotatable bonds is 18. The molecule has 103 heavy (non-hydrogen) atoms. The Labute approximate surface area is 635 Å². The summed E-state index contributed by atoms with van der Waals surface area (Å²) < 4.78 is 41.0. The van der Waals surface area contributed by atoms with Crippen molar-refractivity contribution in [2.45, 2.75) is 394 Å². The third-order valence-corrected chi connectivity index (χ3v) is 30.4. The van der Waals surface area contributed by atoms with Crippen molar-refractivity contribution in [3.63, 3.8) is 0 Å². The van der Waals surface area contributed by atoms with Crippen molar-refractivity contribution < 1.29 is 57.1 Å². The van der Waals surface area contributed by atoms with Crippen LogP contribution in [0.1, 0.15) is 359 Å². The molecule has 0 heterocycles. The van der Waals surface area contributed by atoms with Crippen LogP contribution in [0.3, 0.4) is 0 Å². The topological polar surface area (TPSA) is 150 Å². The van der Waals surface area contributed by atoms with E-state index in [2.05, 4.69) is 20.8 Å². The number of ether oxygens (including phenoxy) is 7. The van der Waals surface area contributed by atoms with Crippen molar-refractivity contribution in [3.05, 3.63) is 0 Å². The van der Waals surface area contributed by atoms with E-state index in [-0.39, 0.29) is 103 Å². The van der Waals surface area contributed by atoms with Gasteiger partial charge in [-0.2, -0.15) is 0 Å². The highest BCUT2D eigenvalue weighted by Gasteiger charge is 2.73. The Morgan fingerprint density at radius 1 is 0.350 bits per heavy atom. The lowest BCUT2D eigenvalue weighted by Gasteiger charge is -2.74. The van der Waals surface area contributed by atoms with E-state index in [1.165, 1.54) is 116 Å². The Balaban J connectivity index is 0.000000346. The first-order valence-electron chi connectivity index (χ1n) is 40.8. The minimum atomic E-state index is -0.554. The molecular weight excluding hydrogens is 1280 g/mol. The molecule has 6 atom stereocenters. The smallest absolute Gasteiger partial charge is 0.344 e. The largest absolute Gasteiger partial charge is 0.459 e. The molecule has 24 bridgehead atoms. The van der Waals surface area contributed by atoms with E-state index in [4.69, 9.17) is 33.2 Å². The van der Waals surface area contributed by atoms with Gasteiger partial charge in [0, 0.05) is 5.41 Å². The summed E-state index contributed by atoms with van der Waals surface area (Å²) in [7, 11) is 0. The summed E-state index contributed by atoms with van der Waals surface area (Å²) in [5.41, 5.74) is -2.34. The fourth-order valence-electron chi connectivity index (χ4n) is 24.8. The number of esters is 5. The van der Waals surface area contributed by atoms with Gasteiger partial charge in [-0.05, 0) is 369 Å². The molecule has 21 fully saturated rings. The van der Waals surface area contributed by atoms with E-state index in [9.17, 15) is 24.0 Å². The second-order valence-electron chi connectivity index (χ2n) is 38.3. The normalized spacial score (nSPS) is 38.6. The van der Waals surface area contributed by atoms with E-state index >= 15 is 0 Å². The summed E-state index contributed by atoms with van der Waals surface area (Å²) in [4.78, 5) is 60.6. The van der Waals surface area contributed by atoms with Crippen LogP contribution in [0.25, 0.3) is 0 Å². The van der Waals surface area contributed by atoms with Gasteiger partial charge in [-0.15, -0.1) is 0 Å². The van der Waals surface area contributed by atoms with E-state index < -0.39 is 40.4 Å². The summed E-state index contributed by atoms with van der Waals surface area (Å²) >= 11 is 0. The Morgan fingerprint density at radius 2 is 0.641 bits per heavy atom. The second kappa shape index (κ2) is 35.1. The molecule has 12 nitrogen and oxygen atoms in total. The fourth-order valence-corrected chi connectivity index (χ4v) is 24.8. The zero-order valence-corrected chi connectivity index (χ0v) is 66.4. The molecule has 0 aliphatic heterocycles. The minimum absolute atomic E-state index is 0. The van der Waals surface area contributed by atoms with Crippen molar-refractivity contribution in [1.82, 2.24) is 0 Å². The molecule has 0 aromatic carbocycles. The predicted molar refractivity (Wildman–Crippen MR) is 425 cm³/mol. The second-order valence-corrected chi connectivity index (χ2v) is 38.3. The standard InChI is InChI=1S/C23H36O2.2C22H34O3.C12H22O4.3C2H6.6CH4/c1-6-21(2,3)20(24)25-22(4,5)23-10-17-14-7-13-8-15(17)19(12-23)16(9-13)18(14)11-23;1-5-21(3,4)20(23)24-12(2)25-22-11-14-7-16-15-6-13(9-18(16)22)10-19(22)17(15)8-14;1-5-21(3,4)20(23)24-12(2)25-22-9-17-14-6-13-7-15(17)19(11-22)16(8-13)18(14)10-22;1-7-12(5,6)10(14)15-8-9(13)16-11(2,3)4;3*1-2;;;;;;/h13-19H,6-12H2,1-5H3;2*12-19H,5-11H2,1-4H3;7-8H2,1-6H3;3*1-2H3;6*1H4. The first kappa shape index (κ1) is 94.5. The molecule has 0 radical (unpaired) electrons. The quantitative estimate of drug-likeness (QED) is 0.0730. The van der Waals surface area contributed by atoms with Gasteiger partial charge in [-0.25, -0.2) is 4.79 Å². The lowest BCUT2D eigenvalue weighted by Crippen LogP contribution is -2.72. The maximum atomic E-state index is 12.9. The van der Waals surface area contributed by atoms with Gasteiger partial charge in [0.25, 0.3) is 0 Å². The van der Waals surface area contributed by atoms with Gasteiger partial charge < -0.3 is 33.2 Å². The van der Waals surface area contributed by atoms with Gasteiger partial charge in [-0.1, -0.05) is 114 Å². The van der Waals surface area contributed by atoms with Gasteiger partial charge >= 0.3 is 29.8 Å². The molecule has 0 aromatic rings. The highest BCUT2D eigenvalue weighted by molar-refractivity contribution is 5.80. The molecule has 0 spiro atoms. The number of carbonyl (C=O) groups excluding carboxylic acids is 5. The van der Waals surface area contributed by atoms with Crippen molar-refractivity contribution in [2.24, 2.45) is 151 Å². The van der Waals surface area contributed by atoms with Crippen LogP contribution in [-0.2, 0) is 57.1 Å². The summed E-state index contributed by atoms with van der Waals surface area (Å²) in [6.45, 7) is 48.9. The first-order valence-corrected chi connectivity index (χ1v) is 40.8. The highest BCUT2D eigenvalue weighted by Crippen LogP contribution is 2.78. The van der Waals surface area contributed by atoms with Gasteiger partial charge in [-0.3, -0.25) is 19.2 Å². The molecule has 6 unspecified atom stereocenters. The molecule has 21 aliphatic rings. The molecule has 0 saturated heterocycles. The van der Waals surface area contributed by atoms with Crippen LogP contribution in [0.4, 0.5) is 0 Å². The van der Waals surface area contributed by atoms with Crippen molar-refractivity contribution >= 4 is 29.8 Å². The van der Waals surface area contributed by atoms with Crippen LogP contribution in [0.2, 0.25) is 0 Å². The van der Waals surface area contributed by atoms with Gasteiger partial charge in [0.05, 0.1) is 32.9 Å². The van der Waals surface area contributed by atoms with Gasteiger partial charge in [0.1, 0.15) is 11.2 Å². The lowest BCUT2D eigenvalue weighted by molar-refractivity contribution is -0.338. The number of hydrogen-bond donors (Lipinski definition) is 0. The summed E-state index contributed by atoms with van der Waals surface area (Å²) in [5.74, 6) is 18.7. The average molecular weight is 1450 g/mol. The fraction of sp³-hybridized carbons (Fsp3) is 0.945. The van der Waals surface area contributed by atoms with E-state index in [1.54, 1.807) is 34.6 Å². The highest BCUT2D eigenvalue weighted by atomic mass is 16.7. The summed E-state index contributed by atoms with van der Waals surface area (Å²) in [5, 5.41) is 0. The molecule has 604 valence electrons. The Bertz CT molecular complexity index is 2590. The predicted octanol–water partition coefficient (Wildman–Crippen LogP) is 24.2. The maximum Gasteiger partial charge on any atom is 0.344 e. The van der Waals surface area contributed by atoms with Crippen LogP contribution in [0, 0.1) is 151 Å². The number of hydrogen-bond acceptors (Lipinski definition) is 12. The summed E-state index contributed by atoms with van der Waals surface area (Å²) in [6.07, 6.45) is 27.4. The van der Waals surface area contributed by atoms with Crippen LogP contribution in [0.5, 0.6) is 0 Å². The monoisotopic (exact) mass is 1450 g/mol. The van der Waals surface area contributed by atoms with Crippen LogP contribution in [0.15, 0.2) is 0 Å². The Kier molecular flexibility index (Phi) is 32.2. The third-order valence-electron chi connectivity index (χ3n) is 30.4. The van der Waals surface area contributed by atoms with E-state index in [0.29, 0.717) is 6.42 Å². The van der Waals surface area contributed by atoms with Crippen molar-refractivity contribution in [2.75, 3.05) is 6.61 Å². The Morgan fingerprint density at radius 3 is 0.981 bits per heavy atom. The van der Waals surface area contributed by atoms with Gasteiger partial charge in [0.2, 0.25) is 12.6 Å². The Hall–Kier alpha value is -2.73. The zero-order valence-electron chi connectivity index (χ0n) is 66.4. The molecular formula is C91H168O12. The molecule has 12 heteroatoms. The number of carbonyl (C=O) groups is 5. The van der Waals surface area contributed by atoms with E-state index in [0.717, 1.165) is 144 Å². The van der Waals surface area contributed by atoms with E-state index in [1.807, 2.05) is 118 Å². The van der Waals surface area contributed by atoms with Crippen LogP contribution < -0.4 is 0 Å². The van der Waals surface area contributed by atoms with Crippen LogP contribution in [-0.4, -0.2) is 71.4 Å². The van der Waals surface area contributed by atoms with Gasteiger partial charge in [0.15, 0.2) is 6.61 Å². The molecule has 21 saturated carbocycles. The zero-order chi connectivity index (χ0) is 71.9. The third kappa shape index (κ3) is 17.7. The molecule has 21 aliphatic carbocycles. The van der Waals surface area contributed by atoms with Crippen molar-refractivity contribution in [3.8, 4) is 0 Å². The molecule has 0 aromatic heterocycles. The first-order chi connectivity index (χ1) is 45.4.